The Bertz CT molecular complexity index is 1050. The molecule has 1 atom stereocenters. The highest BCUT2D eigenvalue weighted by Gasteiger charge is 2.37. The van der Waals surface area contributed by atoms with Gasteiger partial charge in [0.15, 0.2) is 0 Å². The van der Waals surface area contributed by atoms with E-state index in [-0.39, 0.29) is 29.2 Å². The Labute approximate surface area is 192 Å². The van der Waals surface area contributed by atoms with Crippen molar-refractivity contribution in [2.75, 3.05) is 11.9 Å². The molecule has 0 bridgehead atoms. The molecule has 2 heterocycles. The number of likely N-dealkylation sites (tertiary alicyclic amines) is 1. The highest BCUT2D eigenvalue weighted by Crippen LogP contribution is 2.28. The lowest BCUT2D eigenvalue weighted by atomic mass is 9.99. The van der Waals surface area contributed by atoms with Gasteiger partial charge in [0.1, 0.15) is 10.7 Å². The smallest absolute Gasteiger partial charge is 0.279 e. The van der Waals surface area contributed by atoms with E-state index < -0.39 is 11.8 Å². The molecule has 1 saturated heterocycles. The van der Waals surface area contributed by atoms with E-state index in [1.165, 1.54) is 0 Å². The monoisotopic (exact) mass is 451 g/mol. The van der Waals surface area contributed by atoms with Gasteiger partial charge < -0.3 is 10.2 Å². The summed E-state index contributed by atoms with van der Waals surface area (Å²) < 4.78 is 0. The minimum Gasteiger partial charge on any atom is -0.350 e. The predicted molar refractivity (Wildman–Crippen MR) is 124 cm³/mol. The van der Waals surface area contributed by atoms with Gasteiger partial charge in [-0.2, -0.15) is 0 Å². The average molecular weight is 452 g/mol. The van der Waals surface area contributed by atoms with Crippen molar-refractivity contribution in [1.29, 1.82) is 0 Å². The number of imide groups is 1. The number of benzene rings is 2. The van der Waals surface area contributed by atoms with Crippen LogP contribution in [0.3, 0.4) is 0 Å². The number of rotatable bonds is 6. The van der Waals surface area contributed by atoms with Crippen molar-refractivity contribution in [3.05, 3.63) is 76.5 Å². The number of amides is 3. The van der Waals surface area contributed by atoms with E-state index >= 15 is 0 Å². The topological polar surface area (TPSA) is 69.7 Å². The quantitative estimate of drug-likeness (QED) is 0.655. The van der Waals surface area contributed by atoms with Gasteiger partial charge in [-0.1, -0.05) is 48.9 Å². The fourth-order valence-corrected chi connectivity index (χ4v) is 4.49. The molecule has 6 nitrogen and oxygen atoms in total. The molecule has 0 spiro atoms. The van der Waals surface area contributed by atoms with E-state index in [1.54, 1.807) is 24.3 Å². The van der Waals surface area contributed by atoms with Crippen LogP contribution in [0.4, 0.5) is 5.69 Å². The minimum absolute atomic E-state index is 0.0292. The molecule has 166 valence electrons. The number of nitrogens with one attached hydrogen (secondary N) is 1. The summed E-state index contributed by atoms with van der Waals surface area (Å²) in [5, 5.41) is 2.83. The molecule has 4 rings (SSSR count). The van der Waals surface area contributed by atoms with Gasteiger partial charge in [-0.05, 0) is 55.5 Å². The van der Waals surface area contributed by atoms with Crippen LogP contribution in [0, 0.1) is 0 Å². The Kier molecular flexibility index (Phi) is 6.61. The molecule has 2 aromatic rings. The molecule has 32 heavy (non-hydrogen) atoms. The van der Waals surface area contributed by atoms with Gasteiger partial charge in [0.2, 0.25) is 0 Å². The molecule has 2 aliphatic heterocycles. The largest absolute Gasteiger partial charge is 0.350 e. The lowest BCUT2D eigenvalue weighted by molar-refractivity contribution is -0.138. The zero-order valence-corrected chi connectivity index (χ0v) is 18.8. The summed E-state index contributed by atoms with van der Waals surface area (Å²) in [4.78, 5) is 41.4. The van der Waals surface area contributed by atoms with Crippen LogP contribution in [0.15, 0.2) is 65.3 Å². The summed E-state index contributed by atoms with van der Waals surface area (Å²) in [6.45, 7) is 3.05. The molecule has 0 aliphatic carbocycles. The number of hydrogen-bond acceptors (Lipinski definition) is 4. The fraction of sp³-hybridized carbons (Fsp3) is 0.320. The highest BCUT2D eigenvalue weighted by atomic mass is 35.5. The van der Waals surface area contributed by atoms with Crippen molar-refractivity contribution in [3.8, 4) is 0 Å². The van der Waals surface area contributed by atoms with E-state index in [0.717, 1.165) is 42.7 Å². The molecule has 7 heteroatoms. The van der Waals surface area contributed by atoms with Crippen molar-refractivity contribution in [2.45, 2.75) is 45.2 Å². The van der Waals surface area contributed by atoms with Gasteiger partial charge in [-0.3, -0.25) is 19.3 Å². The second kappa shape index (κ2) is 9.57. The maximum atomic E-state index is 13.0. The first kappa shape index (κ1) is 22.1. The van der Waals surface area contributed by atoms with Crippen LogP contribution in [-0.4, -0.2) is 40.1 Å². The number of piperidine rings is 1. The zero-order chi connectivity index (χ0) is 22.7. The van der Waals surface area contributed by atoms with Crippen LogP contribution in [0.5, 0.6) is 0 Å². The van der Waals surface area contributed by atoms with Crippen molar-refractivity contribution < 1.29 is 14.4 Å². The Balaban J connectivity index is 1.45. The lowest BCUT2D eigenvalue weighted by Crippen LogP contribution is -2.43. The SMILES string of the molecule is CCC1CCCCN1C(=O)c1ccc(NC2=C(Cl)C(=O)N(Cc3ccccc3)C2=O)cc1. The first-order chi connectivity index (χ1) is 15.5. The van der Waals surface area contributed by atoms with Crippen molar-refractivity contribution >= 4 is 35.0 Å². The maximum absolute atomic E-state index is 13.0. The van der Waals surface area contributed by atoms with Crippen LogP contribution in [0.25, 0.3) is 0 Å². The standard InChI is InChI=1S/C25H26ClN3O3/c1-2-20-10-6-7-15-28(20)23(30)18-11-13-19(14-12-18)27-22-21(26)24(31)29(25(22)32)16-17-8-4-3-5-9-17/h3-5,8-9,11-14,20,27H,2,6-7,10,15-16H2,1H3. The highest BCUT2D eigenvalue weighted by molar-refractivity contribution is 6.48. The van der Waals surface area contributed by atoms with Gasteiger partial charge in [0.05, 0.1) is 6.54 Å². The van der Waals surface area contributed by atoms with Gasteiger partial charge in [0, 0.05) is 23.8 Å². The zero-order valence-electron chi connectivity index (χ0n) is 18.0. The van der Waals surface area contributed by atoms with Gasteiger partial charge in [-0.15, -0.1) is 0 Å². The third-order valence-electron chi connectivity index (χ3n) is 6.06. The third kappa shape index (κ3) is 4.41. The van der Waals surface area contributed by atoms with Crippen LogP contribution in [-0.2, 0) is 16.1 Å². The predicted octanol–water partition coefficient (Wildman–Crippen LogP) is 4.52. The molecule has 2 aliphatic rings. The first-order valence-corrected chi connectivity index (χ1v) is 11.4. The summed E-state index contributed by atoms with van der Waals surface area (Å²) in [7, 11) is 0. The van der Waals surface area contributed by atoms with Crippen molar-refractivity contribution in [1.82, 2.24) is 9.80 Å². The van der Waals surface area contributed by atoms with Crippen LogP contribution in [0.2, 0.25) is 0 Å². The molecule has 1 unspecified atom stereocenters. The van der Waals surface area contributed by atoms with Crippen LogP contribution < -0.4 is 5.32 Å². The molecule has 0 radical (unpaired) electrons. The van der Waals surface area contributed by atoms with Crippen LogP contribution >= 0.6 is 11.6 Å². The number of hydrogen-bond donors (Lipinski definition) is 1. The van der Waals surface area contributed by atoms with Crippen molar-refractivity contribution in [2.24, 2.45) is 0 Å². The summed E-state index contributed by atoms with van der Waals surface area (Å²) in [5.41, 5.74) is 2.08. The fourth-order valence-electron chi connectivity index (χ4n) is 4.26. The van der Waals surface area contributed by atoms with Crippen LogP contribution in [0.1, 0.15) is 48.5 Å². The number of carbonyl (C=O) groups is 3. The Hall–Kier alpha value is -3.12. The maximum Gasteiger partial charge on any atom is 0.279 e. The molecule has 3 amide bonds. The van der Waals surface area contributed by atoms with E-state index in [1.807, 2.05) is 35.2 Å². The minimum atomic E-state index is -0.523. The molecule has 0 aromatic heterocycles. The second-order valence-electron chi connectivity index (χ2n) is 8.13. The summed E-state index contributed by atoms with van der Waals surface area (Å²) in [5.74, 6) is -0.963. The molecular weight excluding hydrogens is 426 g/mol. The van der Waals surface area contributed by atoms with E-state index in [9.17, 15) is 14.4 Å². The second-order valence-corrected chi connectivity index (χ2v) is 8.51. The van der Waals surface area contributed by atoms with Gasteiger partial charge >= 0.3 is 0 Å². The first-order valence-electron chi connectivity index (χ1n) is 11.0. The molecule has 1 N–H and O–H groups in total. The third-order valence-corrected chi connectivity index (χ3v) is 6.41. The summed E-state index contributed by atoms with van der Waals surface area (Å²) in [6, 6.07) is 16.5. The molecular formula is C25H26ClN3O3. The average Bonchev–Trinajstić information content (AvgIpc) is 3.03. The number of nitrogens with zero attached hydrogens (tertiary/aromatic N) is 2. The number of carbonyl (C=O) groups excluding carboxylic acids is 3. The number of halogens is 1. The van der Waals surface area contributed by atoms with Gasteiger partial charge in [0.25, 0.3) is 17.7 Å². The van der Waals surface area contributed by atoms with Gasteiger partial charge in [-0.25, -0.2) is 0 Å². The van der Waals surface area contributed by atoms with E-state index in [2.05, 4.69) is 12.2 Å². The summed E-state index contributed by atoms with van der Waals surface area (Å²) >= 11 is 6.19. The molecule has 1 fully saturated rings. The normalized spacial score (nSPS) is 19.0. The van der Waals surface area contributed by atoms with Crippen molar-refractivity contribution in [3.63, 3.8) is 0 Å². The number of anilines is 1. The van der Waals surface area contributed by atoms with E-state index in [4.69, 9.17) is 11.6 Å². The van der Waals surface area contributed by atoms with E-state index in [0.29, 0.717) is 11.3 Å². The Morgan fingerprint density at radius 3 is 2.44 bits per heavy atom. The Morgan fingerprint density at radius 1 is 1.03 bits per heavy atom. The molecule has 0 saturated carbocycles. The Morgan fingerprint density at radius 2 is 1.75 bits per heavy atom. The molecule has 2 aromatic carbocycles. The summed E-state index contributed by atoms with van der Waals surface area (Å²) in [6.07, 6.45) is 4.19. The lowest BCUT2D eigenvalue weighted by Gasteiger charge is -2.35.